The van der Waals surface area contributed by atoms with E-state index in [1.807, 2.05) is 0 Å². The Balaban J connectivity index is 2.17. The Morgan fingerprint density at radius 1 is 1.35 bits per heavy atom. The first-order valence-electron chi connectivity index (χ1n) is 7.39. The number of nitro groups is 1. The lowest BCUT2D eigenvalue weighted by atomic mass is 10.1. The van der Waals surface area contributed by atoms with Crippen LogP contribution in [0.25, 0.3) is 0 Å². The van der Waals surface area contributed by atoms with Crippen LogP contribution in [-0.2, 0) is 17.9 Å². The first-order valence-corrected chi connectivity index (χ1v) is 7.39. The molecule has 0 fully saturated rings. The van der Waals surface area contributed by atoms with Crippen molar-refractivity contribution in [2.45, 2.75) is 20.0 Å². The normalized spacial score (nSPS) is 10.4. The number of carbonyl (C=O) groups is 2. The molecule has 0 aliphatic heterocycles. The van der Waals surface area contributed by atoms with Crippen molar-refractivity contribution in [3.63, 3.8) is 0 Å². The van der Waals surface area contributed by atoms with Crippen molar-refractivity contribution in [2.24, 2.45) is 5.73 Å². The van der Waals surface area contributed by atoms with Crippen LogP contribution < -0.4 is 16.6 Å². The Morgan fingerprint density at radius 2 is 2.04 bits per heavy atom. The van der Waals surface area contributed by atoms with E-state index in [9.17, 15) is 28.9 Å². The van der Waals surface area contributed by atoms with Gasteiger partial charge in [0.2, 0.25) is 5.91 Å². The summed E-state index contributed by atoms with van der Waals surface area (Å²) >= 11 is 0. The summed E-state index contributed by atoms with van der Waals surface area (Å²) in [5.74, 6) is -2.20. The number of nitrogens with two attached hydrogens (primary N) is 1. The van der Waals surface area contributed by atoms with Crippen molar-refractivity contribution in [2.75, 3.05) is 0 Å². The second-order valence-electron chi connectivity index (χ2n) is 5.53. The Morgan fingerprint density at radius 3 is 2.62 bits per heavy atom. The van der Waals surface area contributed by atoms with Crippen molar-refractivity contribution >= 4 is 17.5 Å². The molecular formula is C16H15FN4O5. The van der Waals surface area contributed by atoms with Gasteiger partial charge in [-0.05, 0) is 24.1 Å². The van der Waals surface area contributed by atoms with Gasteiger partial charge in [0.25, 0.3) is 17.2 Å². The van der Waals surface area contributed by atoms with Crippen LogP contribution in [0.4, 0.5) is 10.1 Å². The highest BCUT2D eigenvalue weighted by Crippen LogP contribution is 2.11. The van der Waals surface area contributed by atoms with Gasteiger partial charge in [-0.25, -0.2) is 4.39 Å². The third kappa shape index (κ3) is 4.29. The van der Waals surface area contributed by atoms with Crippen molar-refractivity contribution in [1.29, 1.82) is 0 Å². The molecule has 0 spiro atoms. The second kappa shape index (κ2) is 7.55. The lowest BCUT2D eigenvalue weighted by molar-refractivity contribution is -0.385. The van der Waals surface area contributed by atoms with Gasteiger partial charge >= 0.3 is 0 Å². The molecular weight excluding hydrogens is 347 g/mol. The topological polar surface area (TPSA) is 137 Å². The van der Waals surface area contributed by atoms with Gasteiger partial charge in [0, 0.05) is 12.6 Å². The first kappa shape index (κ1) is 18.8. The molecule has 2 rings (SSSR count). The lowest BCUT2D eigenvalue weighted by Crippen LogP contribution is -2.35. The van der Waals surface area contributed by atoms with Gasteiger partial charge in [-0.3, -0.25) is 29.1 Å². The quantitative estimate of drug-likeness (QED) is 0.573. The largest absolute Gasteiger partial charge is 0.365 e. The summed E-state index contributed by atoms with van der Waals surface area (Å²) in [7, 11) is 0. The summed E-state index contributed by atoms with van der Waals surface area (Å²) in [6, 6.07) is 5.21. The maximum Gasteiger partial charge on any atom is 0.286 e. The molecule has 9 nitrogen and oxygen atoms in total. The predicted molar refractivity (Wildman–Crippen MR) is 88.9 cm³/mol. The van der Waals surface area contributed by atoms with Gasteiger partial charge in [0.05, 0.1) is 11.1 Å². The highest BCUT2D eigenvalue weighted by molar-refractivity contribution is 5.93. The minimum atomic E-state index is -1.14. The molecule has 1 aromatic heterocycles. The number of hydrogen-bond acceptors (Lipinski definition) is 5. The molecule has 0 radical (unpaired) electrons. The van der Waals surface area contributed by atoms with Crippen LogP contribution in [0, 0.1) is 22.9 Å². The Labute approximate surface area is 146 Å². The second-order valence-corrected chi connectivity index (χ2v) is 5.53. The van der Waals surface area contributed by atoms with E-state index in [1.54, 1.807) is 19.1 Å². The molecule has 0 saturated carbocycles. The number of primary amides is 1. The predicted octanol–water partition coefficient (Wildman–Crippen LogP) is 0.619. The molecule has 136 valence electrons. The van der Waals surface area contributed by atoms with E-state index in [0.717, 1.165) is 16.8 Å². The lowest BCUT2D eigenvalue weighted by Gasteiger charge is -2.09. The molecule has 1 heterocycles. The smallest absolute Gasteiger partial charge is 0.286 e. The summed E-state index contributed by atoms with van der Waals surface area (Å²) < 4.78 is 14.2. The molecule has 0 bridgehead atoms. The molecule has 1 aromatic carbocycles. The van der Waals surface area contributed by atoms with Gasteiger partial charge in [-0.15, -0.1) is 0 Å². The third-order valence-corrected chi connectivity index (χ3v) is 3.59. The summed E-state index contributed by atoms with van der Waals surface area (Å²) in [6.45, 7) is 1.04. The molecule has 10 heteroatoms. The molecule has 2 aromatic rings. The van der Waals surface area contributed by atoms with Crippen molar-refractivity contribution < 1.29 is 18.9 Å². The number of nitrogens with one attached hydrogen (secondary N) is 1. The van der Waals surface area contributed by atoms with Gasteiger partial charge in [-0.2, -0.15) is 0 Å². The summed E-state index contributed by atoms with van der Waals surface area (Å²) in [4.78, 5) is 45.4. The number of amides is 2. The summed E-state index contributed by atoms with van der Waals surface area (Å²) in [5, 5.41) is 13.4. The van der Waals surface area contributed by atoms with E-state index in [-0.39, 0.29) is 6.54 Å². The molecule has 0 atom stereocenters. The van der Waals surface area contributed by atoms with E-state index in [4.69, 9.17) is 5.73 Å². The number of aryl methyl sites for hydroxylation is 1. The van der Waals surface area contributed by atoms with Gasteiger partial charge in [0.15, 0.2) is 0 Å². The van der Waals surface area contributed by atoms with Crippen molar-refractivity contribution in [3.8, 4) is 0 Å². The average molecular weight is 362 g/mol. The van der Waals surface area contributed by atoms with Crippen LogP contribution in [0.2, 0.25) is 0 Å². The average Bonchev–Trinajstić information content (AvgIpc) is 2.57. The monoisotopic (exact) mass is 362 g/mol. The minimum absolute atomic E-state index is 0.00237. The van der Waals surface area contributed by atoms with Crippen LogP contribution >= 0.6 is 0 Å². The van der Waals surface area contributed by atoms with Crippen LogP contribution in [0.5, 0.6) is 0 Å². The number of pyridine rings is 1. The van der Waals surface area contributed by atoms with Gasteiger partial charge < -0.3 is 11.1 Å². The highest BCUT2D eigenvalue weighted by atomic mass is 19.1. The number of carbonyl (C=O) groups excluding carboxylic acids is 2. The Hall–Kier alpha value is -3.56. The number of nitrogens with zero attached hydrogens (tertiary/aromatic N) is 2. The van der Waals surface area contributed by atoms with Crippen LogP contribution in [0.3, 0.4) is 0 Å². The molecule has 0 unspecified atom stereocenters. The van der Waals surface area contributed by atoms with Crippen LogP contribution in [0.1, 0.15) is 21.5 Å². The van der Waals surface area contributed by atoms with E-state index in [2.05, 4.69) is 5.32 Å². The third-order valence-electron chi connectivity index (χ3n) is 3.59. The molecule has 0 aliphatic carbocycles. The first-order chi connectivity index (χ1) is 12.2. The number of hydrogen-bond donors (Lipinski definition) is 2. The Kier molecular flexibility index (Phi) is 5.45. The highest BCUT2D eigenvalue weighted by Gasteiger charge is 2.18. The number of aromatic nitrogens is 1. The molecule has 0 saturated heterocycles. The number of halogens is 1. The fourth-order valence-electron chi connectivity index (χ4n) is 2.17. The van der Waals surface area contributed by atoms with E-state index in [1.165, 1.54) is 6.07 Å². The Bertz CT molecular complexity index is 954. The van der Waals surface area contributed by atoms with Crippen LogP contribution in [0.15, 0.2) is 35.3 Å². The molecule has 0 aliphatic rings. The molecule has 3 N–H and O–H groups in total. The number of rotatable bonds is 6. The minimum Gasteiger partial charge on any atom is -0.365 e. The SMILES string of the molecule is Cc1ccc(CNC(=O)Cn2cc([N+](=O)[O-])cc(C(N)=O)c2=O)cc1F. The standard InChI is InChI=1S/C16H15FN4O5/c1-9-2-3-10(4-13(9)17)6-19-14(22)8-20-7-11(21(25)26)5-12(15(18)23)16(20)24/h2-5,7H,6,8H2,1H3,(H2,18,23)(H,19,22). The zero-order valence-electron chi connectivity index (χ0n) is 13.7. The van der Waals surface area contributed by atoms with E-state index in [0.29, 0.717) is 11.1 Å². The van der Waals surface area contributed by atoms with E-state index < -0.39 is 45.9 Å². The van der Waals surface area contributed by atoms with Crippen molar-refractivity contribution in [1.82, 2.24) is 9.88 Å². The fourth-order valence-corrected chi connectivity index (χ4v) is 2.17. The number of benzene rings is 1. The fraction of sp³-hybridized carbons (Fsp3) is 0.188. The van der Waals surface area contributed by atoms with Crippen molar-refractivity contribution in [3.05, 3.63) is 73.4 Å². The maximum atomic E-state index is 13.5. The van der Waals surface area contributed by atoms with Gasteiger partial charge in [0.1, 0.15) is 17.9 Å². The summed E-state index contributed by atoms with van der Waals surface area (Å²) in [6.07, 6.45) is 0.847. The molecule has 2 amide bonds. The molecule has 26 heavy (non-hydrogen) atoms. The van der Waals surface area contributed by atoms with Gasteiger partial charge in [-0.1, -0.05) is 12.1 Å². The zero-order valence-corrected chi connectivity index (χ0v) is 13.7. The van der Waals surface area contributed by atoms with E-state index >= 15 is 0 Å². The maximum absolute atomic E-state index is 13.5. The van der Waals surface area contributed by atoms with Crippen LogP contribution in [-0.4, -0.2) is 21.3 Å². The zero-order chi connectivity index (χ0) is 19.4. The summed E-state index contributed by atoms with van der Waals surface area (Å²) in [5.41, 5.74) is 3.94.